The zero-order valence-corrected chi connectivity index (χ0v) is 9.29. The third-order valence-electron chi connectivity index (χ3n) is 2.06. The Morgan fingerprint density at radius 3 is 2.71 bits per heavy atom. The second-order valence-corrected chi connectivity index (χ2v) is 3.31. The fraction of sp³-hybridized carbons (Fsp3) is 0.364. The van der Waals surface area contributed by atoms with Crippen molar-refractivity contribution < 1.29 is 29.6 Å². The van der Waals surface area contributed by atoms with E-state index in [4.69, 9.17) is 24.8 Å². The van der Waals surface area contributed by atoms with Gasteiger partial charge in [0, 0.05) is 0 Å². The second-order valence-electron chi connectivity index (χ2n) is 3.31. The van der Waals surface area contributed by atoms with Crippen LogP contribution < -0.4 is 9.47 Å². The van der Waals surface area contributed by atoms with Crippen LogP contribution in [0.2, 0.25) is 0 Å². The van der Waals surface area contributed by atoms with Gasteiger partial charge in [-0.2, -0.15) is 0 Å². The summed E-state index contributed by atoms with van der Waals surface area (Å²) in [7, 11) is 1.43. The van der Waals surface area contributed by atoms with Crippen molar-refractivity contribution in [1.82, 2.24) is 0 Å². The Bertz CT molecular complexity index is 390. The van der Waals surface area contributed by atoms with Gasteiger partial charge in [-0.3, -0.25) is 0 Å². The Labute approximate surface area is 98.0 Å². The first-order valence-corrected chi connectivity index (χ1v) is 4.91. The van der Waals surface area contributed by atoms with Crippen molar-refractivity contribution in [2.45, 2.75) is 6.10 Å². The zero-order valence-electron chi connectivity index (χ0n) is 9.29. The molecule has 3 N–H and O–H groups in total. The summed E-state index contributed by atoms with van der Waals surface area (Å²) in [6.07, 6.45) is -1.04. The number of hydrogen-bond donors (Lipinski definition) is 3. The summed E-state index contributed by atoms with van der Waals surface area (Å²) in [5.74, 6) is -0.638. The average Bonchev–Trinajstić information content (AvgIpc) is 2.35. The van der Waals surface area contributed by atoms with E-state index in [2.05, 4.69) is 0 Å². The lowest BCUT2D eigenvalue weighted by molar-refractivity contribution is 0.0519. The first-order valence-electron chi connectivity index (χ1n) is 4.91. The number of rotatable bonds is 6. The van der Waals surface area contributed by atoms with E-state index in [1.165, 1.54) is 19.2 Å². The number of methoxy groups -OCH3 is 1. The SMILES string of the molecule is COc1ccc(OCC(O)CO)c(C(=O)O)c1. The van der Waals surface area contributed by atoms with Gasteiger partial charge in [-0.15, -0.1) is 0 Å². The molecule has 0 amide bonds. The fourth-order valence-electron chi connectivity index (χ4n) is 1.17. The number of carboxylic acid groups (broad SMARTS) is 1. The molecule has 0 radical (unpaired) electrons. The Hall–Kier alpha value is -1.79. The highest BCUT2D eigenvalue weighted by atomic mass is 16.5. The van der Waals surface area contributed by atoms with Crippen LogP contribution in [0.1, 0.15) is 10.4 Å². The first kappa shape index (κ1) is 13.3. The number of benzene rings is 1. The molecule has 0 aromatic heterocycles. The number of aliphatic hydroxyl groups excluding tert-OH is 2. The molecule has 1 aromatic carbocycles. The molecular formula is C11H14O6. The third kappa shape index (κ3) is 3.61. The molecule has 6 heteroatoms. The Kier molecular flexibility index (Phi) is 4.74. The lowest BCUT2D eigenvalue weighted by Gasteiger charge is -2.12. The molecule has 0 aliphatic rings. The summed E-state index contributed by atoms with van der Waals surface area (Å²) in [6, 6.07) is 4.31. The van der Waals surface area contributed by atoms with E-state index in [9.17, 15) is 4.79 Å². The smallest absolute Gasteiger partial charge is 0.339 e. The minimum atomic E-state index is -1.16. The van der Waals surface area contributed by atoms with Gasteiger partial charge >= 0.3 is 5.97 Å². The van der Waals surface area contributed by atoms with Crippen LogP contribution in [0.15, 0.2) is 18.2 Å². The van der Waals surface area contributed by atoms with E-state index in [0.717, 1.165) is 0 Å². The van der Waals surface area contributed by atoms with Gasteiger partial charge in [0.25, 0.3) is 0 Å². The summed E-state index contributed by atoms with van der Waals surface area (Å²) in [4.78, 5) is 11.0. The highest BCUT2D eigenvalue weighted by molar-refractivity contribution is 5.91. The Morgan fingerprint density at radius 2 is 2.18 bits per heavy atom. The molecule has 6 nitrogen and oxygen atoms in total. The molecule has 0 spiro atoms. The number of carboxylic acids is 1. The molecule has 94 valence electrons. The van der Waals surface area contributed by atoms with E-state index >= 15 is 0 Å². The molecule has 0 saturated heterocycles. The van der Waals surface area contributed by atoms with Gasteiger partial charge in [-0.25, -0.2) is 4.79 Å². The van der Waals surface area contributed by atoms with Crippen LogP contribution in [0.5, 0.6) is 11.5 Å². The van der Waals surface area contributed by atoms with E-state index in [1.807, 2.05) is 0 Å². The standard InChI is InChI=1S/C11H14O6/c1-16-8-2-3-10(9(4-8)11(14)15)17-6-7(13)5-12/h2-4,7,12-13H,5-6H2,1H3,(H,14,15). The zero-order chi connectivity index (χ0) is 12.8. The number of ether oxygens (including phenoxy) is 2. The maximum Gasteiger partial charge on any atom is 0.339 e. The molecule has 0 fully saturated rings. The summed E-state index contributed by atoms with van der Waals surface area (Å²) < 4.78 is 10.0. The van der Waals surface area contributed by atoms with Crippen molar-refractivity contribution in [2.75, 3.05) is 20.3 Å². The molecule has 0 saturated carbocycles. The van der Waals surface area contributed by atoms with E-state index in [1.54, 1.807) is 6.07 Å². The quantitative estimate of drug-likeness (QED) is 0.656. The first-order chi connectivity index (χ1) is 8.08. The molecule has 0 heterocycles. The summed E-state index contributed by atoms with van der Waals surface area (Å²) in [5.41, 5.74) is -0.0607. The largest absolute Gasteiger partial charge is 0.497 e. The van der Waals surface area contributed by atoms with Crippen LogP contribution >= 0.6 is 0 Å². The van der Waals surface area contributed by atoms with Gasteiger partial charge in [-0.1, -0.05) is 0 Å². The monoisotopic (exact) mass is 242 g/mol. The number of aliphatic hydroxyl groups is 2. The maximum absolute atomic E-state index is 11.0. The predicted molar refractivity (Wildman–Crippen MR) is 58.5 cm³/mol. The average molecular weight is 242 g/mol. The second kappa shape index (κ2) is 6.07. The van der Waals surface area contributed by atoms with Crippen molar-refractivity contribution in [3.05, 3.63) is 23.8 Å². The molecule has 1 atom stereocenters. The molecule has 0 aliphatic carbocycles. The minimum absolute atomic E-state index is 0.0607. The highest BCUT2D eigenvalue weighted by Gasteiger charge is 2.14. The van der Waals surface area contributed by atoms with Crippen LogP contribution in [0.3, 0.4) is 0 Å². The molecule has 1 aromatic rings. The molecular weight excluding hydrogens is 228 g/mol. The van der Waals surface area contributed by atoms with Crippen molar-refractivity contribution in [1.29, 1.82) is 0 Å². The van der Waals surface area contributed by atoms with Crippen molar-refractivity contribution in [3.8, 4) is 11.5 Å². The van der Waals surface area contributed by atoms with E-state index in [0.29, 0.717) is 5.75 Å². The van der Waals surface area contributed by atoms with Crippen LogP contribution in [0.25, 0.3) is 0 Å². The van der Waals surface area contributed by atoms with Crippen molar-refractivity contribution in [2.24, 2.45) is 0 Å². The van der Waals surface area contributed by atoms with Gasteiger partial charge < -0.3 is 24.8 Å². The van der Waals surface area contributed by atoms with Crippen molar-refractivity contribution >= 4 is 5.97 Å². The molecule has 0 bridgehead atoms. The molecule has 17 heavy (non-hydrogen) atoms. The van der Waals surface area contributed by atoms with Gasteiger partial charge in [0.05, 0.1) is 13.7 Å². The summed E-state index contributed by atoms with van der Waals surface area (Å²) >= 11 is 0. The number of carbonyl (C=O) groups is 1. The van der Waals surface area contributed by atoms with Gasteiger partial charge in [-0.05, 0) is 18.2 Å². The lowest BCUT2D eigenvalue weighted by atomic mass is 10.2. The lowest BCUT2D eigenvalue weighted by Crippen LogP contribution is -2.22. The van der Waals surface area contributed by atoms with Gasteiger partial charge in [0.2, 0.25) is 0 Å². The Balaban J connectivity index is 2.87. The molecule has 1 unspecified atom stereocenters. The van der Waals surface area contributed by atoms with Gasteiger partial charge in [0.15, 0.2) is 0 Å². The molecule has 1 rings (SSSR count). The van der Waals surface area contributed by atoms with Crippen LogP contribution in [0, 0.1) is 0 Å². The number of hydrogen-bond acceptors (Lipinski definition) is 5. The van der Waals surface area contributed by atoms with Crippen LogP contribution in [0.4, 0.5) is 0 Å². The highest BCUT2D eigenvalue weighted by Crippen LogP contribution is 2.24. The normalized spacial score (nSPS) is 11.9. The van der Waals surface area contributed by atoms with Gasteiger partial charge in [0.1, 0.15) is 29.8 Å². The summed E-state index contributed by atoms with van der Waals surface area (Å²) in [6.45, 7) is -0.623. The minimum Gasteiger partial charge on any atom is -0.497 e. The maximum atomic E-state index is 11.0. The Morgan fingerprint density at radius 1 is 1.47 bits per heavy atom. The predicted octanol–water partition coefficient (Wildman–Crippen LogP) is 0.125. The number of aromatic carboxylic acids is 1. The van der Waals surface area contributed by atoms with Crippen LogP contribution in [-0.2, 0) is 0 Å². The fourth-order valence-corrected chi connectivity index (χ4v) is 1.17. The van der Waals surface area contributed by atoms with E-state index < -0.39 is 18.7 Å². The van der Waals surface area contributed by atoms with E-state index in [-0.39, 0.29) is 17.9 Å². The van der Waals surface area contributed by atoms with Crippen LogP contribution in [-0.4, -0.2) is 47.7 Å². The summed E-state index contributed by atoms with van der Waals surface area (Å²) in [5, 5.41) is 26.7. The third-order valence-corrected chi connectivity index (χ3v) is 2.06. The topological polar surface area (TPSA) is 96.2 Å². The molecule has 0 aliphatic heterocycles. The van der Waals surface area contributed by atoms with Crippen molar-refractivity contribution in [3.63, 3.8) is 0 Å².